The third-order valence-electron chi connectivity index (χ3n) is 8.47. The highest BCUT2D eigenvalue weighted by atomic mass is 15.2. The highest BCUT2D eigenvalue weighted by Gasteiger charge is 2.36. The van der Waals surface area contributed by atoms with Crippen LogP contribution in [0.1, 0.15) is 44.8 Å². The molecule has 35 heavy (non-hydrogen) atoms. The molecule has 9 rings (SSSR count). The molecular formula is C32H21N3. The zero-order chi connectivity index (χ0) is 22.7. The van der Waals surface area contributed by atoms with Crippen molar-refractivity contribution < 1.29 is 0 Å². The van der Waals surface area contributed by atoms with Gasteiger partial charge in [-0.1, -0.05) is 42.5 Å². The normalized spacial score (nSPS) is 14.9. The Morgan fingerprint density at radius 2 is 1.40 bits per heavy atom. The van der Waals surface area contributed by atoms with Crippen molar-refractivity contribution in [3.8, 4) is 22.3 Å². The average molecular weight is 448 g/mol. The zero-order valence-electron chi connectivity index (χ0n) is 19.2. The Bertz CT molecular complexity index is 1760. The van der Waals surface area contributed by atoms with Crippen molar-refractivity contribution in [3.63, 3.8) is 0 Å². The number of anilines is 3. The number of hydrogen-bond acceptors (Lipinski definition) is 3. The summed E-state index contributed by atoms with van der Waals surface area (Å²) in [6.07, 6.45) is 7.69. The van der Waals surface area contributed by atoms with Crippen LogP contribution in [-0.2, 0) is 25.7 Å². The average Bonchev–Trinajstić information content (AvgIpc) is 3.47. The number of rotatable bonds is 0. The van der Waals surface area contributed by atoms with E-state index < -0.39 is 0 Å². The van der Waals surface area contributed by atoms with E-state index >= 15 is 0 Å². The minimum atomic E-state index is 0.871. The highest BCUT2D eigenvalue weighted by Crippen LogP contribution is 2.54. The predicted octanol–water partition coefficient (Wildman–Crippen LogP) is 6.90. The van der Waals surface area contributed by atoms with Gasteiger partial charge in [0.15, 0.2) is 0 Å². The molecule has 2 aliphatic heterocycles. The molecule has 5 aromatic rings. The van der Waals surface area contributed by atoms with Crippen molar-refractivity contribution in [1.82, 2.24) is 9.97 Å². The molecule has 4 heterocycles. The first-order valence-electron chi connectivity index (χ1n) is 12.4. The van der Waals surface area contributed by atoms with Crippen molar-refractivity contribution >= 4 is 17.1 Å². The molecule has 0 unspecified atom stereocenters. The summed E-state index contributed by atoms with van der Waals surface area (Å²) < 4.78 is 0. The highest BCUT2D eigenvalue weighted by molar-refractivity contribution is 5.94. The van der Waals surface area contributed by atoms with Crippen LogP contribution in [0.15, 0.2) is 79.1 Å². The van der Waals surface area contributed by atoms with Crippen LogP contribution in [0.5, 0.6) is 0 Å². The molecule has 164 valence electrons. The number of fused-ring (bicyclic) bond motifs is 12. The molecule has 0 bridgehead atoms. The Hall–Kier alpha value is -4.24. The van der Waals surface area contributed by atoms with E-state index in [1.54, 1.807) is 0 Å². The second-order valence-corrected chi connectivity index (χ2v) is 10.1. The van der Waals surface area contributed by atoms with Crippen LogP contribution in [0.25, 0.3) is 22.3 Å². The van der Waals surface area contributed by atoms with Gasteiger partial charge >= 0.3 is 0 Å². The molecule has 0 N–H and O–H groups in total. The molecule has 3 aromatic carbocycles. The van der Waals surface area contributed by atoms with Gasteiger partial charge < -0.3 is 4.90 Å². The van der Waals surface area contributed by atoms with Gasteiger partial charge in [0.05, 0.1) is 28.5 Å². The maximum absolute atomic E-state index is 4.88. The lowest BCUT2D eigenvalue weighted by Crippen LogP contribution is -2.26. The molecule has 2 aliphatic carbocycles. The Labute approximate surface area is 203 Å². The fourth-order valence-electron chi connectivity index (χ4n) is 7.03. The first-order chi connectivity index (χ1) is 17.3. The maximum atomic E-state index is 4.88. The fourth-order valence-corrected chi connectivity index (χ4v) is 7.03. The number of benzene rings is 3. The lowest BCUT2D eigenvalue weighted by molar-refractivity contribution is 0.928. The van der Waals surface area contributed by atoms with E-state index in [1.807, 2.05) is 12.4 Å². The fraction of sp³-hybridized carbons (Fsp3) is 0.125. The third kappa shape index (κ3) is 2.21. The van der Waals surface area contributed by atoms with Gasteiger partial charge in [-0.05, 0) is 92.7 Å². The molecule has 3 heteroatoms. The summed E-state index contributed by atoms with van der Waals surface area (Å²) in [6.45, 7) is 0. The van der Waals surface area contributed by atoms with Crippen LogP contribution in [-0.4, -0.2) is 9.97 Å². The first kappa shape index (κ1) is 18.1. The van der Waals surface area contributed by atoms with Gasteiger partial charge in [0.1, 0.15) is 0 Å². The van der Waals surface area contributed by atoms with Gasteiger partial charge in [-0.2, -0.15) is 0 Å². The molecular weight excluding hydrogens is 426 g/mol. The summed E-state index contributed by atoms with van der Waals surface area (Å²) in [7, 11) is 0. The Kier molecular flexibility index (Phi) is 3.24. The summed E-state index contributed by atoms with van der Waals surface area (Å²) in [4.78, 5) is 12.1. The van der Waals surface area contributed by atoms with E-state index in [-0.39, 0.29) is 0 Å². The van der Waals surface area contributed by atoms with Gasteiger partial charge in [-0.3, -0.25) is 9.97 Å². The van der Waals surface area contributed by atoms with E-state index in [1.165, 1.54) is 78.4 Å². The van der Waals surface area contributed by atoms with E-state index in [0.29, 0.717) is 0 Å². The Morgan fingerprint density at radius 3 is 2.40 bits per heavy atom. The van der Waals surface area contributed by atoms with Crippen LogP contribution in [0.4, 0.5) is 17.1 Å². The second kappa shape index (κ2) is 6.25. The van der Waals surface area contributed by atoms with Gasteiger partial charge in [-0.25, -0.2) is 0 Å². The molecule has 3 nitrogen and oxygen atoms in total. The molecule has 4 aliphatic rings. The summed E-state index contributed by atoms with van der Waals surface area (Å²) in [5.41, 5.74) is 20.5. The Balaban J connectivity index is 1.28. The lowest BCUT2D eigenvalue weighted by atomic mass is 9.87. The standard InChI is InChI=1S/C32H21N3/c1-2-5-21-18(4-1)14-26-22(21)8-7-19-15-24-23(31(19)26)9-10-29-25(24)17-28-32-20(11-13-34-28)16-27-30(35(29)32)6-3-12-33-27/h1-13H,14-17H2. The first-order valence-corrected chi connectivity index (χ1v) is 12.4. The summed E-state index contributed by atoms with van der Waals surface area (Å²) >= 11 is 0. The molecule has 0 saturated carbocycles. The van der Waals surface area contributed by atoms with Crippen LogP contribution >= 0.6 is 0 Å². The van der Waals surface area contributed by atoms with Gasteiger partial charge in [0, 0.05) is 25.2 Å². The predicted molar refractivity (Wildman–Crippen MR) is 139 cm³/mol. The largest absolute Gasteiger partial charge is 0.306 e. The minimum absolute atomic E-state index is 0.871. The van der Waals surface area contributed by atoms with E-state index in [9.17, 15) is 0 Å². The van der Waals surface area contributed by atoms with Crippen molar-refractivity contribution in [3.05, 3.63) is 124 Å². The van der Waals surface area contributed by atoms with E-state index in [2.05, 4.69) is 71.6 Å². The van der Waals surface area contributed by atoms with E-state index in [4.69, 9.17) is 9.97 Å². The number of pyridine rings is 2. The lowest BCUT2D eigenvalue weighted by Gasteiger charge is -2.38. The topological polar surface area (TPSA) is 29.0 Å². The SMILES string of the molecule is c1ccc2c(c1)Cc1c-2ccc2c1-c1ccc3c(c1C2)Cc1nccc2c1N3c1cccnc1C2. The molecule has 0 spiro atoms. The quantitative estimate of drug-likeness (QED) is 0.253. The Morgan fingerprint density at radius 1 is 0.514 bits per heavy atom. The molecule has 0 atom stereocenters. The number of nitrogens with zero attached hydrogens (tertiary/aromatic N) is 3. The molecule has 0 radical (unpaired) electrons. The van der Waals surface area contributed by atoms with Crippen molar-refractivity contribution in [1.29, 1.82) is 0 Å². The molecule has 0 fully saturated rings. The van der Waals surface area contributed by atoms with Crippen molar-refractivity contribution in [2.75, 3.05) is 4.90 Å². The zero-order valence-corrected chi connectivity index (χ0v) is 19.2. The summed E-state index contributed by atoms with van der Waals surface area (Å²) in [6, 6.07) is 24.8. The smallest absolute Gasteiger partial charge is 0.0717 e. The summed E-state index contributed by atoms with van der Waals surface area (Å²) in [5, 5.41) is 0. The van der Waals surface area contributed by atoms with Crippen LogP contribution in [0, 0.1) is 0 Å². The van der Waals surface area contributed by atoms with Crippen LogP contribution in [0.3, 0.4) is 0 Å². The number of aromatic nitrogens is 2. The molecule has 0 saturated heterocycles. The number of hydrogen-bond donors (Lipinski definition) is 0. The molecule has 0 amide bonds. The monoisotopic (exact) mass is 447 g/mol. The van der Waals surface area contributed by atoms with Gasteiger partial charge in [-0.15, -0.1) is 0 Å². The second-order valence-electron chi connectivity index (χ2n) is 10.1. The van der Waals surface area contributed by atoms with Crippen molar-refractivity contribution in [2.24, 2.45) is 0 Å². The maximum Gasteiger partial charge on any atom is 0.0717 e. The van der Waals surface area contributed by atoms with E-state index in [0.717, 1.165) is 31.4 Å². The minimum Gasteiger partial charge on any atom is -0.306 e. The third-order valence-corrected chi connectivity index (χ3v) is 8.47. The molecule has 2 aromatic heterocycles. The van der Waals surface area contributed by atoms with Gasteiger partial charge in [0.2, 0.25) is 0 Å². The van der Waals surface area contributed by atoms with Crippen molar-refractivity contribution in [2.45, 2.75) is 25.7 Å². The summed E-state index contributed by atoms with van der Waals surface area (Å²) in [5.74, 6) is 0. The van der Waals surface area contributed by atoms with Gasteiger partial charge in [0.25, 0.3) is 0 Å². The van der Waals surface area contributed by atoms with Crippen LogP contribution in [0.2, 0.25) is 0 Å². The van der Waals surface area contributed by atoms with Crippen LogP contribution < -0.4 is 4.90 Å².